The SMILES string of the molecule is CCc1cc(N)cc(Br)c1. The second-order valence-electron chi connectivity index (χ2n) is 2.25. The fourth-order valence-electron chi connectivity index (χ4n) is 0.880. The van der Waals surface area contributed by atoms with E-state index in [1.54, 1.807) is 0 Å². The van der Waals surface area contributed by atoms with Gasteiger partial charge in [0.25, 0.3) is 0 Å². The molecule has 0 aromatic heterocycles. The molecule has 0 radical (unpaired) electrons. The number of halogens is 1. The van der Waals surface area contributed by atoms with Crippen molar-refractivity contribution in [3.8, 4) is 0 Å². The zero-order chi connectivity index (χ0) is 7.56. The molecule has 0 fully saturated rings. The predicted molar refractivity (Wildman–Crippen MR) is 47.9 cm³/mol. The second kappa shape index (κ2) is 3.06. The monoisotopic (exact) mass is 199 g/mol. The van der Waals surface area contributed by atoms with E-state index in [9.17, 15) is 0 Å². The van der Waals surface area contributed by atoms with Crippen LogP contribution >= 0.6 is 15.9 Å². The van der Waals surface area contributed by atoms with Gasteiger partial charge in [-0.05, 0) is 30.2 Å². The van der Waals surface area contributed by atoms with Gasteiger partial charge in [0.1, 0.15) is 0 Å². The van der Waals surface area contributed by atoms with Gasteiger partial charge in [0.05, 0.1) is 0 Å². The van der Waals surface area contributed by atoms with E-state index >= 15 is 0 Å². The Labute approximate surface area is 69.4 Å². The van der Waals surface area contributed by atoms with Crippen molar-refractivity contribution in [2.24, 2.45) is 0 Å². The molecule has 1 aromatic carbocycles. The first kappa shape index (κ1) is 7.61. The standard InChI is InChI=1S/C8H10BrN/c1-2-6-3-7(9)5-8(10)4-6/h3-5H,2,10H2,1H3. The van der Waals surface area contributed by atoms with Crippen LogP contribution in [0.5, 0.6) is 0 Å². The van der Waals surface area contributed by atoms with E-state index in [0.717, 1.165) is 16.6 Å². The number of aryl methyl sites for hydroxylation is 1. The highest BCUT2D eigenvalue weighted by Crippen LogP contribution is 2.17. The maximum atomic E-state index is 5.60. The summed E-state index contributed by atoms with van der Waals surface area (Å²) in [5, 5.41) is 0. The molecule has 0 bridgehead atoms. The predicted octanol–water partition coefficient (Wildman–Crippen LogP) is 2.59. The number of nitrogens with two attached hydrogens (primary N) is 1. The first-order valence-corrected chi connectivity index (χ1v) is 4.06. The Balaban J connectivity index is 3.06. The van der Waals surface area contributed by atoms with Gasteiger partial charge in [-0.3, -0.25) is 0 Å². The van der Waals surface area contributed by atoms with Gasteiger partial charge in [-0.2, -0.15) is 0 Å². The maximum absolute atomic E-state index is 5.60. The molecule has 0 aliphatic rings. The summed E-state index contributed by atoms with van der Waals surface area (Å²) in [7, 11) is 0. The van der Waals surface area contributed by atoms with E-state index in [1.165, 1.54) is 5.56 Å². The quantitative estimate of drug-likeness (QED) is 0.692. The van der Waals surface area contributed by atoms with Crippen LogP contribution in [0.15, 0.2) is 22.7 Å². The summed E-state index contributed by atoms with van der Waals surface area (Å²) in [6.45, 7) is 2.11. The van der Waals surface area contributed by atoms with Crippen LogP contribution in [0.4, 0.5) is 5.69 Å². The van der Waals surface area contributed by atoms with Crippen LogP contribution in [0, 0.1) is 0 Å². The van der Waals surface area contributed by atoms with Crippen molar-refractivity contribution >= 4 is 21.6 Å². The van der Waals surface area contributed by atoms with Gasteiger partial charge in [0, 0.05) is 10.2 Å². The summed E-state index contributed by atoms with van der Waals surface area (Å²) < 4.78 is 1.06. The van der Waals surface area contributed by atoms with Crippen molar-refractivity contribution in [3.05, 3.63) is 28.2 Å². The maximum Gasteiger partial charge on any atom is 0.0328 e. The molecule has 0 amide bonds. The summed E-state index contributed by atoms with van der Waals surface area (Å²) in [6.07, 6.45) is 1.03. The molecule has 0 aliphatic heterocycles. The smallest absolute Gasteiger partial charge is 0.0328 e. The van der Waals surface area contributed by atoms with Crippen molar-refractivity contribution in [1.82, 2.24) is 0 Å². The summed E-state index contributed by atoms with van der Waals surface area (Å²) in [5.74, 6) is 0. The second-order valence-corrected chi connectivity index (χ2v) is 3.16. The van der Waals surface area contributed by atoms with Crippen LogP contribution < -0.4 is 5.73 Å². The molecule has 0 unspecified atom stereocenters. The summed E-state index contributed by atoms with van der Waals surface area (Å²) in [5.41, 5.74) is 7.70. The third kappa shape index (κ3) is 1.74. The Morgan fingerprint density at radius 3 is 2.60 bits per heavy atom. The molecule has 1 rings (SSSR count). The molecule has 2 heteroatoms. The van der Waals surface area contributed by atoms with E-state index < -0.39 is 0 Å². The van der Waals surface area contributed by atoms with Gasteiger partial charge in [-0.1, -0.05) is 22.9 Å². The van der Waals surface area contributed by atoms with Crippen LogP contribution in [0.25, 0.3) is 0 Å². The number of hydrogen-bond acceptors (Lipinski definition) is 1. The summed E-state index contributed by atoms with van der Waals surface area (Å²) in [4.78, 5) is 0. The van der Waals surface area contributed by atoms with Gasteiger partial charge in [0.15, 0.2) is 0 Å². The molecule has 0 spiro atoms. The number of nitrogen functional groups attached to an aromatic ring is 1. The van der Waals surface area contributed by atoms with E-state index in [4.69, 9.17) is 5.73 Å². The molecular formula is C8H10BrN. The number of rotatable bonds is 1. The van der Waals surface area contributed by atoms with Crippen molar-refractivity contribution in [2.45, 2.75) is 13.3 Å². The van der Waals surface area contributed by atoms with E-state index in [1.807, 2.05) is 12.1 Å². The lowest BCUT2D eigenvalue weighted by Crippen LogP contribution is -1.87. The fourth-order valence-corrected chi connectivity index (χ4v) is 1.44. The molecule has 0 aliphatic carbocycles. The first-order valence-electron chi connectivity index (χ1n) is 3.27. The van der Waals surface area contributed by atoms with Crippen molar-refractivity contribution in [3.63, 3.8) is 0 Å². The fraction of sp³-hybridized carbons (Fsp3) is 0.250. The minimum absolute atomic E-state index is 0.825. The minimum Gasteiger partial charge on any atom is -0.399 e. The molecule has 10 heavy (non-hydrogen) atoms. The normalized spacial score (nSPS) is 9.80. The van der Waals surface area contributed by atoms with E-state index in [0.29, 0.717) is 0 Å². The minimum atomic E-state index is 0.825. The van der Waals surface area contributed by atoms with Crippen LogP contribution in [0.3, 0.4) is 0 Å². The lowest BCUT2D eigenvalue weighted by molar-refractivity contribution is 1.14. The first-order chi connectivity index (χ1) is 4.72. The van der Waals surface area contributed by atoms with Crippen LogP contribution in [-0.2, 0) is 6.42 Å². The van der Waals surface area contributed by atoms with Crippen molar-refractivity contribution in [2.75, 3.05) is 5.73 Å². The molecule has 0 heterocycles. The molecule has 0 atom stereocenters. The molecule has 2 N–H and O–H groups in total. The van der Waals surface area contributed by atoms with Crippen LogP contribution in [0.1, 0.15) is 12.5 Å². The Morgan fingerprint density at radius 1 is 1.40 bits per heavy atom. The molecule has 54 valence electrons. The highest BCUT2D eigenvalue weighted by Gasteiger charge is 1.92. The molecule has 0 saturated heterocycles. The Morgan fingerprint density at radius 2 is 2.10 bits per heavy atom. The van der Waals surface area contributed by atoms with E-state index in [-0.39, 0.29) is 0 Å². The Kier molecular flexibility index (Phi) is 2.33. The highest BCUT2D eigenvalue weighted by atomic mass is 79.9. The number of hydrogen-bond donors (Lipinski definition) is 1. The lowest BCUT2D eigenvalue weighted by atomic mass is 10.1. The summed E-state index contributed by atoms with van der Waals surface area (Å²) in [6, 6.07) is 5.97. The molecular weight excluding hydrogens is 190 g/mol. The number of benzene rings is 1. The summed E-state index contributed by atoms with van der Waals surface area (Å²) >= 11 is 3.37. The third-order valence-electron chi connectivity index (χ3n) is 1.39. The Hall–Kier alpha value is -0.500. The van der Waals surface area contributed by atoms with Gasteiger partial charge in [0.2, 0.25) is 0 Å². The van der Waals surface area contributed by atoms with Crippen LogP contribution in [-0.4, -0.2) is 0 Å². The van der Waals surface area contributed by atoms with Gasteiger partial charge in [-0.25, -0.2) is 0 Å². The van der Waals surface area contributed by atoms with Gasteiger partial charge in [-0.15, -0.1) is 0 Å². The Bertz CT molecular complexity index is 212. The zero-order valence-corrected chi connectivity index (χ0v) is 7.48. The molecule has 1 aromatic rings. The average Bonchev–Trinajstić information content (AvgIpc) is 1.85. The van der Waals surface area contributed by atoms with Gasteiger partial charge >= 0.3 is 0 Å². The molecule has 0 saturated carbocycles. The van der Waals surface area contributed by atoms with Crippen molar-refractivity contribution < 1.29 is 0 Å². The lowest BCUT2D eigenvalue weighted by Gasteiger charge is -1.99. The van der Waals surface area contributed by atoms with E-state index in [2.05, 4.69) is 28.9 Å². The zero-order valence-electron chi connectivity index (χ0n) is 5.89. The average molecular weight is 200 g/mol. The third-order valence-corrected chi connectivity index (χ3v) is 1.85. The highest BCUT2D eigenvalue weighted by molar-refractivity contribution is 9.10. The largest absolute Gasteiger partial charge is 0.399 e. The van der Waals surface area contributed by atoms with Crippen LogP contribution in [0.2, 0.25) is 0 Å². The topological polar surface area (TPSA) is 26.0 Å². The van der Waals surface area contributed by atoms with Crippen molar-refractivity contribution in [1.29, 1.82) is 0 Å². The molecule has 1 nitrogen and oxygen atoms in total. The number of anilines is 1. The van der Waals surface area contributed by atoms with Gasteiger partial charge < -0.3 is 5.73 Å².